The van der Waals surface area contributed by atoms with Gasteiger partial charge < -0.3 is 71.8 Å². The number of ether oxygens (including phenoxy) is 4. The Balaban J connectivity index is 0.000000224. The second-order valence-electron chi connectivity index (χ2n) is 31.2. The van der Waals surface area contributed by atoms with Crippen molar-refractivity contribution in [2.75, 3.05) is 82.6 Å². The summed E-state index contributed by atoms with van der Waals surface area (Å²) in [7, 11) is 6.73. The number of hydrogen-bond donors (Lipinski definition) is 1. The zero-order chi connectivity index (χ0) is 73.6. The molecule has 8 heterocycles. The van der Waals surface area contributed by atoms with Crippen molar-refractivity contribution in [3.05, 3.63) is 117 Å². The molecule has 2 N–H and O–H groups in total. The van der Waals surface area contributed by atoms with Crippen molar-refractivity contribution in [3.8, 4) is 47.3 Å². The molecule has 0 radical (unpaired) electrons. The van der Waals surface area contributed by atoms with E-state index in [2.05, 4.69) is 80.7 Å². The molecule has 101 heavy (non-hydrogen) atoms. The molecule has 29 heteroatoms. The molecular weight excluding hydrogens is 1340 g/mol. The van der Waals surface area contributed by atoms with Crippen LogP contribution in [-0.2, 0) is 46.4 Å². The molecule has 4 saturated heterocycles. The Morgan fingerprint density at radius 3 is 0.802 bits per heavy atom. The predicted octanol–water partition coefficient (Wildman–Crippen LogP) is 9.18. The first-order chi connectivity index (χ1) is 46.5. The molecule has 0 aromatic heterocycles. The van der Waals surface area contributed by atoms with Crippen LogP contribution >= 0.6 is 15.6 Å². The van der Waals surface area contributed by atoms with Crippen molar-refractivity contribution in [3.63, 3.8) is 0 Å². The highest BCUT2D eigenvalue weighted by atomic mass is 31.2. The lowest BCUT2D eigenvalue weighted by Crippen LogP contribution is -2.57. The maximum Gasteiger partial charge on any atom is 0.473 e. The highest BCUT2D eigenvalue weighted by Crippen LogP contribution is 2.60. The van der Waals surface area contributed by atoms with Crippen molar-refractivity contribution >= 4 is 39.3 Å². The molecule has 4 fully saturated rings. The highest BCUT2D eigenvalue weighted by molar-refractivity contribution is 7.47. The second-order valence-corrected chi connectivity index (χ2v) is 33.9. The zero-order valence-corrected chi connectivity index (χ0v) is 62.2. The van der Waals surface area contributed by atoms with Gasteiger partial charge in [0.15, 0.2) is 0 Å². The summed E-state index contributed by atoms with van der Waals surface area (Å²) in [6, 6.07) is 24.3. The first-order valence-corrected chi connectivity index (χ1v) is 36.5. The van der Waals surface area contributed by atoms with Gasteiger partial charge in [-0.1, -0.05) is 0 Å². The molecule has 4 aromatic carbocycles. The molecule has 8 aliphatic heterocycles. The van der Waals surface area contributed by atoms with Gasteiger partial charge in [-0.3, -0.25) is 32.8 Å². The van der Waals surface area contributed by atoms with Gasteiger partial charge in [-0.05, 0) is 154 Å². The SMILES string of the molecule is CC1(C)Oc2ccc(C#N)cc2[C@@H](N2CCCC2=O)[C@@H]1OP(=O)(O)O[C@H]1[C@H](N2CCCC2=O)c2cc(C#N)ccc2OC1(C)C.CC1(C)Oc2ccc(C#N)cc2[C@@H](N2CCCC2=O)[C@@H]1OP(=O)([O-])O[C@H]1[C@H](N2CCCC2=O)c2cc(C#N)ccc2OC1(C)C.C[N+](C)(C)C.C[N+](C)(C)C.[OH-]. The maximum absolute atomic E-state index is 14.2. The van der Waals surface area contributed by atoms with Crippen molar-refractivity contribution in [2.45, 2.75) is 178 Å². The number of rotatable bonds is 12. The number of amides is 4. The van der Waals surface area contributed by atoms with Crippen molar-refractivity contribution in [2.24, 2.45) is 0 Å². The van der Waals surface area contributed by atoms with E-state index in [1.807, 2.05) is 0 Å². The summed E-state index contributed by atoms with van der Waals surface area (Å²) in [5.41, 5.74) is -1.70. The molecule has 0 aliphatic carbocycles. The number of likely N-dealkylation sites (tertiary alicyclic amines) is 4. The number of benzene rings is 4. The quantitative estimate of drug-likeness (QED) is 0.102. The lowest BCUT2D eigenvalue weighted by atomic mass is 9.85. The van der Waals surface area contributed by atoms with Crippen LogP contribution < -0.4 is 23.8 Å². The van der Waals surface area contributed by atoms with Crippen LogP contribution in [0.4, 0.5) is 0 Å². The van der Waals surface area contributed by atoms with Crippen molar-refractivity contribution in [1.82, 2.24) is 19.6 Å². The predicted molar refractivity (Wildman–Crippen MR) is 365 cm³/mol. The smallest absolute Gasteiger partial charge is 0.473 e. The van der Waals surface area contributed by atoms with Gasteiger partial charge in [-0.2, -0.15) is 21.0 Å². The Bertz CT molecular complexity index is 3590. The van der Waals surface area contributed by atoms with E-state index in [-0.39, 0.29) is 29.1 Å². The largest absolute Gasteiger partial charge is 0.870 e. The molecule has 544 valence electrons. The first kappa shape index (κ1) is 78.7. The van der Waals surface area contributed by atoms with Crippen LogP contribution in [0.25, 0.3) is 0 Å². The minimum absolute atomic E-state index is 0. The van der Waals surface area contributed by atoms with Crippen LogP contribution in [0.5, 0.6) is 23.0 Å². The van der Waals surface area contributed by atoms with E-state index in [9.17, 15) is 59.1 Å². The third kappa shape index (κ3) is 17.9. The Hall–Kier alpha value is -7.98. The average Bonchev–Trinajstić information content (AvgIpc) is 1.64. The monoisotopic (exact) mass is 1430 g/mol. The van der Waals surface area contributed by atoms with Crippen molar-refractivity contribution in [1.29, 1.82) is 21.0 Å². The van der Waals surface area contributed by atoms with Crippen LogP contribution in [0.3, 0.4) is 0 Å². The lowest BCUT2D eigenvalue weighted by Gasteiger charge is -2.51. The van der Waals surface area contributed by atoms with E-state index in [4.69, 9.17) is 37.0 Å². The van der Waals surface area contributed by atoms with Gasteiger partial charge in [-0.25, -0.2) is 4.57 Å². The van der Waals surface area contributed by atoms with Gasteiger partial charge >= 0.3 is 7.82 Å². The molecular formula is C72H94N10O17P2. The number of fused-ring (bicyclic) bond motifs is 4. The van der Waals surface area contributed by atoms with E-state index < -0.39 is 86.6 Å². The fourth-order valence-corrected chi connectivity index (χ4v) is 16.5. The number of phosphoric acid groups is 2. The molecule has 8 atom stereocenters. The molecule has 8 aliphatic rings. The topological polar surface area (TPSA) is 358 Å². The molecule has 0 bridgehead atoms. The van der Waals surface area contributed by atoms with E-state index >= 15 is 0 Å². The summed E-state index contributed by atoms with van der Waals surface area (Å²) in [6.07, 6.45) is -1.26. The lowest BCUT2D eigenvalue weighted by molar-refractivity contribution is -0.849. The Morgan fingerprint density at radius 1 is 0.426 bits per heavy atom. The molecule has 0 spiro atoms. The fraction of sp³-hybridized carbons (Fsp3) is 0.556. The number of carbonyl (C=O) groups is 4. The summed E-state index contributed by atoms with van der Waals surface area (Å²) in [5, 5.41) is 38.4. The average molecular weight is 1430 g/mol. The summed E-state index contributed by atoms with van der Waals surface area (Å²) < 4.78 is 79.1. The third-order valence-electron chi connectivity index (χ3n) is 18.0. The summed E-state index contributed by atoms with van der Waals surface area (Å²) in [6.45, 7) is 15.0. The number of quaternary nitrogens is 2. The van der Waals surface area contributed by atoms with Crippen LogP contribution in [0, 0.1) is 45.3 Å². The molecule has 12 rings (SSSR count). The van der Waals surface area contributed by atoms with Gasteiger partial charge in [0.25, 0.3) is 7.82 Å². The molecule has 4 amide bonds. The van der Waals surface area contributed by atoms with E-state index in [0.717, 1.165) is 8.97 Å². The standard InChI is InChI=1S/2C32H35N4O8P.2C4H12N.H2O/c2*1-31(2)29(27(35-13-5-7-25(35)37)21-15-19(17-33)9-11-23(21)41-31)43-45(39,40)44-30-28(36-14-6-8-26(36)38)22-16-20(18-34)10-12-24(22)42-32(30,3)4;2*1-5(2,3)4;/h2*9-12,15-16,27-30H,5-8,13-14H2,1-4H3,(H,39,40);2*1-4H3;1H2/q;;2*+1;/p-2/t2*27-,28-,29+,30+;;;/m11.../s1. The Morgan fingerprint density at radius 2 is 0.624 bits per heavy atom. The van der Waals surface area contributed by atoms with Crippen LogP contribution in [0.15, 0.2) is 72.8 Å². The van der Waals surface area contributed by atoms with Crippen molar-refractivity contribution < 1.29 is 89.6 Å². The van der Waals surface area contributed by atoms with Gasteiger partial charge in [0.2, 0.25) is 23.6 Å². The first-order valence-electron chi connectivity index (χ1n) is 33.5. The summed E-state index contributed by atoms with van der Waals surface area (Å²) in [5.74, 6) is 1.10. The third-order valence-corrected chi connectivity index (χ3v) is 19.9. The van der Waals surface area contributed by atoms with Gasteiger partial charge in [0.1, 0.15) is 69.8 Å². The van der Waals surface area contributed by atoms with E-state index in [0.29, 0.717) is 145 Å². The van der Waals surface area contributed by atoms with Crippen LogP contribution in [0.2, 0.25) is 0 Å². The normalized spacial score (nSPS) is 25.0. The van der Waals surface area contributed by atoms with Gasteiger partial charge in [0, 0.05) is 74.1 Å². The zero-order valence-electron chi connectivity index (χ0n) is 60.4. The van der Waals surface area contributed by atoms with E-state index in [1.165, 1.54) is 0 Å². The molecule has 0 saturated carbocycles. The number of nitriles is 4. The second kappa shape index (κ2) is 29.8. The number of carbonyl (C=O) groups excluding carboxylic acids is 4. The number of phosphoric ester groups is 2. The number of nitrogens with zero attached hydrogens (tertiary/aromatic N) is 10. The molecule has 4 aromatic rings. The highest BCUT2D eigenvalue weighted by Gasteiger charge is 2.58. The van der Waals surface area contributed by atoms with Crippen LogP contribution in [0.1, 0.15) is 175 Å². The van der Waals surface area contributed by atoms with Gasteiger partial charge in [0.05, 0.1) is 127 Å². The molecule has 0 unspecified atom stereocenters. The minimum atomic E-state index is -5.26. The Kier molecular flexibility index (Phi) is 23.2. The summed E-state index contributed by atoms with van der Waals surface area (Å²) in [4.78, 5) is 84.2. The molecule has 27 nitrogen and oxygen atoms in total. The Labute approximate surface area is 591 Å². The summed E-state index contributed by atoms with van der Waals surface area (Å²) >= 11 is 0. The number of hydrogen-bond acceptors (Lipinski definition) is 20. The van der Waals surface area contributed by atoms with Crippen LogP contribution in [-0.4, -0.2) is 192 Å². The maximum atomic E-state index is 14.2. The van der Waals surface area contributed by atoms with Gasteiger partial charge in [-0.15, -0.1) is 0 Å². The fourth-order valence-electron chi connectivity index (χ4n) is 13.8. The minimum Gasteiger partial charge on any atom is -0.870 e. The van der Waals surface area contributed by atoms with E-state index in [1.54, 1.807) is 148 Å².